The fraction of sp³-hybridized carbons (Fsp3) is 0.600. The van der Waals surface area contributed by atoms with Crippen LogP contribution in [-0.2, 0) is 0 Å². The zero-order valence-corrected chi connectivity index (χ0v) is 24.2. The predicted octanol–water partition coefficient (Wildman–Crippen LogP) is 8.32. The van der Waals surface area contributed by atoms with Gasteiger partial charge < -0.3 is 9.62 Å². The highest BCUT2D eigenvalue weighted by Crippen LogP contribution is 2.52. The maximum atomic E-state index is 2.60. The van der Waals surface area contributed by atoms with E-state index in [0.29, 0.717) is 12.9 Å². The predicted molar refractivity (Wildman–Crippen MR) is 157 cm³/mol. The third kappa shape index (κ3) is 6.06. The molecule has 0 radical (unpaired) electrons. The fourth-order valence-electron chi connectivity index (χ4n) is 6.37. The highest BCUT2D eigenvalue weighted by molar-refractivity contribution is 6.80. The summed E-state index contributed by atoms with van der Waals surface area (Å²) in [5.41, 5.74) is 4.70. The maximum Gasteiger partial charge on any atom is 0.338 e. The minimum atomic E-state index is -1.39. The fourth-order valence-corrected chi connectivity index (χ4v) is 12.4. The van der Waals surface area contributed by atoms with Crippen LogP contribution in [0.3, 0.4) is 0 Å². The second kappa shape index (κ2) is 12.6. The molecular formula is C30H49BN2Si. The number of hydrogen-bond acceptors (Lipinski definition) is 2. The highest BCUT2D eigenvalue weighted by atomic mass is 28.3. The van der Waals surface area contributed by atoms with Gasteiger partial charge in [0.1, 0.15) is 0 Å². The zero-order chi connectivity index (χ0) is 24.7. The molecule has 186 valence electrons. The lowest BCUT2D eigenvalue weighted by Gasteiger charge is -2.36. The molecule has 0 aliphatic heterocycles. The SMILES string of the molecule is CCCC[Si](CCCC)(CCCC)CC1C(=CB(N(C)C)N(C)C)c2cccc3cccc1c23. The Morgan fingerprint density at radius 3 is 1.82 bits per heavy atom. The number of unbranched alkanes of at least 4 members (excludes halogenated alkanes) is 3. The number of allylic oxidation sites excluding steroid dienone is 1. The van der Waals surface area contributed by atoms with E-state index in [9.17, 15) is 0 Å². The molecule has 0 amide bonds. The molecule has 1 unspecified atom stereocenters. The van der Waals surface area contributed by atoms with E-state index >= 15 is 0 Å². The van der Waals surface area contributed by atoms with Crippen LogP contribution in [0.2, 0.25) is 24.2 Å². The summed E-state index contributed by atoms with van der Waals surface area (Å²) in [6.07, 6.45) is 8.25. The molecule has 0 bridgehead atoms. The summed E-state index contributed by atoms with van der Waals surface area (Å²) in [7, 11) is 7.45. The van der Waals surface area contributed by atoms with Crippen molar-refractivity contribution in [1.29, 1.82) is 0 Å². The van der Waals surface area contributed by atoms with Crippen molar-refractivity contribution in [1.82, 2.24) is 9.62 Å². The summed E-state index contributed by atoms with van der Waals surface area (Å²) in [6, 6.07) is 20.0. The van der Waals surface area contributed by atoms with E-state index in [1.165, 1.54) is 79.0 Å². The molecule has 0 heterocycles. The Hall–Kier alpha value is -1.36. The van der Waals surface area contributed by atoms with Gasteiger partial charge in [0.05, 0.1) is 8.07 Å². The van der Waals surface area contributed by atoms with E-state index in [1.807, 2.05) is 0 Å². The first-order valence-electron chi connectivity index (χ1n) is 13.9. The van der Waals surface area contributed by atoms with Gasteiger partial charge in [-0.2, -0.15) is 0 Å². The molecule has 2 aromatic carbocycles. The van der Waals surface area contributed by atoms with Crippen LogP contribution in [0.5, 0.6) is 0 Å². The number of hydrogen-bond donors (Lipinski definition) is 0. The van der Waals surface area contributed by atoms with E-state index < -0.39 is 8.07 Å². The maximum absolute atomic E-state index is 2.60. The lowest BCUT2D eigenvalue weighted by Crippen LogP contribution is -2.44. The molecule has 1 aliphatic rings. The molecule has 1 atom stereocenters. The van der Waals surface area contributed by atoms with Crippen LogP contribution in [0.4, 0.5) is 0 Å². The minimum absolute atomic E-state index is 0.306. The van der Waals surface area contributed by atoms with Gasteiger partial charge in [-0.15, -0.1) is 0 Å². The first kappa shape index (κ1) is 27.2. The molecule has 0 saturated carbocycles. The van der Waals surface area contributed by atoms with Crippen LogP contribution in [0.15, 0.2) is 42.4 Å². The van der Waals surface area contributed by atoms with E-state index in [0.717, 1.165) is 0 Å². The van der Waals surface area contributed by atoms with E-state index in [2.05, 4.69) is 101 Å². The van der Waals surface area contributed by atoms with Crippen molar-refractivity contribution in [2.24, 2.45) is 0 Å². The molecule has 0 fully saturated rings. The van der Waals surface area contributed by atoms with Crippen molar-refractivity contribution in [3.05, 3.63) is 53.5 Å². The van der Waals surface area contributed by atoms with Gasteiger partial charge in [-0.05, 0) is 61.7 Å². The highest BCUT2D eigenvalue weighted by Gasteiger charge is 2.39. The molecular weight excluding hydrogens is 427 g/mol. The van der Waals surface area contributed by atoms with Crippen LogP contribution < -0.4 is 0 Å². The Morgan fingerprint density at radius 2 is 1.32 bits per heavy atom. The molecule has 1 aliphatic carbocycles. The van der Waals surface area contributed by atoms with Gasteiger partial charge in [-0.3, -0.25) is 0 Å². The third-order valence-electron chi connectivity index (χ3n) is 8.20. The quantitative estimate of drug-likeness (QED) is 0.253. The first-order chi connectivity index (χ1) is 16.4. The van der Waals surface area contributed by atoms with Gasteiger partial charge in [0.25, 0.3) is 0 Å². The summed E-state index contributed by atoms with van der Waals surface area (Å²) in [5.74, 6) is 3.15. The normalized spacial score (nSPS) is 17.0. The van der Waals surface area contributed by atoms with Crippen LogP contribution in [0, 0.1) is 0 Å². The van der Waals surface area contributed by atoms with Crippen LogP contribution >= 0.6 is 0 Å². The van der Waals surface area contributed by atoms with Gasteiger partial charge >= 0.3 is 6.98 Å². The average Bonchev–Trinajstić information content (AvgIpc) is 3.11. The molecule has 4 heteroatoms. The topological polar surface area (TPSA) is 6.48 Å². The first-order valence-corrected chi connectivity index (χ1v) is 16.8. The molecule has 2 aromatic rings. The smallest absolute Gasteiger partial charge is 0.330 e. The van der Waals surface area contributed by atoms with E-state index in [1.54, 1.807) is 11.1 Å². The Kier molecular flexibility index (Phi) is 10.1. The Morgan fingerprint density at radius 1 is 0.794 bits per heavy atom. The zero-order valence-electron chi connectivity index (χ0n) is 23.2. The van der Waals surface area contributed by atoms with Crippen LogP contribution in [0.25, 0.3) is 16.3 Å². The van der Waals surface area contributed by atoms with E-state index in [4.69, 9.17) is 0 Å². The number of benzene rings is 2. The van der Waals surface area contributed by atoms with Crippen LogP contribution in [0.1, 0.15) is 76.3 Å². The third-order valence-corrected chi connectivity index (χ3v) is 13.7. The molecule has 0 spiro atoms. The minimum Gasteiger partial charge on any atom is -0.330 e. The monoisotopic (exact) mass is 476 g/mol. The van der Waals surface area contributed by atoms with Crippen molar-refractivity contribution in [3.63, 3.8) is 0 Å². The Labute approximate surface area is 211 Å². The Balaban J connectivity index is 2.14. The van der Waals surface area contributed by atoms with Crippen molar-refractivity contribution in [3.8, 4) is 0 Å². The summed E-state index contributed by atoms with van der Waals surface area (Å²) < 4.78 is 0. The summed E-state index contributed by atoms with van der Waals surface area (Å²) in [4.78, 5) is 4.70. The van der Waals surface area contributed by atoms with Crippen LogP contribution in [-0.4, -0.2) is 52.9 Å². The largest absolute Gasteiger partial charge is 0.338 e. The standard InChI is InChI=1S/C30H49BN2Si/c1-8-11-20-34(21-12-9-2,22-13-10-3)24-29-27-19-15-17-25-16-14-18-26(30(25)27)28(29)23-31(32(4)5)33(6)7/h14-19,23,29H,8-13,20-22,24H2,1-7H3. The summed E-state index contributed by atoms with van der Waals surface area (Å²) >= 11 is 0. The Bertz CT molecular complexity index is 917. The molecule has 34 heavy (non-hydrogen) atoms. The van der Waals surface area contributed by atoms with Crippen molar-refractivity contribution >= 4 is 31.4 Å². The lowest BCUT2D eigenvalue weighted by atomic mass is 9.69. The summed E-state index contributed by atoms with van der Waals surface area (Å²) in [6.45, 7) is 7.46. The second-order valence-corrected chi connectivity index (χ2v) is 16.2. The molecule has 0 N–H and O–H groups in total. The van der Waals surface area contributed by atoms with Gasteiger partial charge in [-0.1, -0.05) is 120 Å². The van der Waals surface area contributed by atoms with E-state index in [-0.39, 0.29) is 0 Å². The van der Waals surface area contributed by atoms with Crippen molar-refractivity contribution in [2.45, 2.75) is 89.4 Å². The number of rotatable bonds is 14. The average molecular weight is 477 g/mol. The summed E-state index contributed by atoms with van der Waals surface area (Å²) in [5, 5.41) is 2.94. The molecule has 2 nitrogen and oxygen atoms in total. The van der Waals surface area contributed by atoms with Gasteiger partial charge in [-0.25, -0.2) is 0 Å². The molecule has 0 aromatic heterocycles. The number of nitrogens with zero attached hydrogens (tertiary/aromatic N) is 2. The lowest BCUT2D eigenvalue weighted by molar-refractivity contribution is 0.530. The van der Waals surface area contributed by atoms with Crippen molar-refractivity contribution < 1.29 is 0 Å². The van der Waals surface area contributed by atoms with Crippen molar-refractivity contribution in [2.75, 3.05) is 28.2 Å². The molecule has 3 rings (SSSR count). The second-order valence-electron chi connectivity index (χ2n) is 11.3. The van der Waals surface area contributed by atoms with Gasteiger partial charge in [0, 0.05) is 5.92 Å². The van der Waals surface area contributed by atoms with Gasteiger partial charge in [0.2, 0.25) is 0 Å². The molecule has 0 saturated heterocycles. The van der Waals surface area contributed by atoms with Gasteiger partial charge in [0.15, 0.2) is 0 Å².